The van der Waals surface area contributed by atoms with E-state index >= 15 is 0 Å². The molecule has 0 atom stereocenters. The number of halogens is 4. The van der Waals surface area contributed by atoms with E-state index < -0.39 is 17.6 Å². The van der Waals surface area contributed by atoms with Crippen molar-refractivity contribution in [3.63, 3.8) is 0 Å². The lowest BCUT2D eigenvalue weighted by molar-refractivity contribution is -0.137. The number of aryl methyl sites for hydroxylation is 1. The van der Waals surface area contributed by atoms with Crippen LogP contribution in [0.25, 0.3) is 0 Å². The molecule has 2 aromatic carbocycles. The molecule has 8 heteroatoms. The summed E-state index contributed by atoms with van der Waals surface area (Å²) in [5.74, 6) is -1.42. The third-order valence-corrected chi connectivity index (χ3v) is 5.39. The molecule has 0 bridgehead atoms. The smallest absolute Gasteiger partial charge is 0.339 e. The average molecular weight is 422 g/mol. The van der Waals surface area contributed by atoms with Crippen LogP contribution in [0.1, 0.15) is 34.3 Å². The maximum Gasteiger partial charge on any atom is 0.416 e. The predicted molar refractivity (Wildman–Crippen MR) is 105 cm³/mol. The van der Waals surface area contributed by atoms with E-state index in [4.69, 9.17) is 0 Å². The maximum atomic E-state index is 14.2. The van der Waals surface area contributed by atoms with Crippen molar-refractivity contribution in [3.8, 4) is 0 Å². The molecule has 1 saturated heterocycles. The lowest BCUT2D eigenvalue weighted by atomic mass is 9.94. The van der Waals surface area contributed by atoms with E-state index in [1.165, 1.54) is 22.9 Å². The number of carbonyl (C=O) groups is 2. The van der Waals surface area contributed by atoms with E-state index in [1.54, 1.807) is 19.1 Å². The summed E-state index contributed by atoms with van der Waals surface area (Å²) in [6.45, 7) is 2.37. The van der Waals surface area contributed by atoms with Gasteiger partial charge in [0.25, 0.3) is 5.91 Å². The van der Waals surface area contributed by atoms with Crippen molar-refractivity contribution in [2.75, 3.05) is 25.0 Å². The van der Waals surface area contributed by atoms with Gasteiger partial charge in [-0.25, -0.2) is 4.39 Å². The Kier molecular flexibility index (Phi) is 6.14. The normalized spacial score (nSPS) is 15.2. The van der Waals surface area contributed by atoms with Crippen molar-refractivity contribution in [1.82, 2.24) is 4.90 Å². The van der Waals surface area contributed by atoms with Gasteiger partial charge in [0.15, 0.2) is 0 Å². The molecule has 0 N–H and O–H groups in total. The van der Waals surface area contributed by atoms with Crippen molar-refractivity contribution in [3.05, 3.63) is 65.0 Å². The number of nitrogens with zero attached hydrogens (tertiary/aromatic N) is 2. The van der Waals surface area contributed by atoms with E-state index in [-0.39, 0.29) is 29.0 Å². The Hall–Kier alpha value is -2.90. The lowest BCUT2D eigenvalue weighted by Gasteiger charge is -2.33. The summed E-state index contributed by atoms with van der Waals surface area (Å²) in [6.07, 6.45) is -3.64. The number of likely N-dealkylation sites (tertiary alicyclic amines) is 1. The van der Waals surface area contributed by atoms with Crippen LogP contribution >= 0.6 is 0 Å². The van der Waals surface area contributed by atoms with Crippen molar-refractivity contribution >= 4 is 17.5 Å². The summed E-state index contributed by atoms with van der Waals surface area (Å²) in [5, 5.41) is 0. The highest BCUT2D eigenvalue weighted by atomic mass is 19.4. The molecule has 2 amide bonds. The average Bonchev–Trinajstić information content (AvgIpc) is 2.72. The molecule has 0 saturated carbocycles. The van der Waals surface area contributed by atoms with Crippen molar-refractivity contribution in [2.45, 2.75) is 25.9 Å². The Bertz CT molecular complexity index is 933. The number of alkyl halides is 3. The minimum atomic E-state index is -4.46. The number of hydrogen-bond donors (Lipinski definition) is 0. The van der Waals surface area contributed by atoms with Crippen LogP contribution in [0.2, 0.25) is 0 Å². The maximum absolute atomic E-state index is 14.2. The Balaban J connectivity index is 1.61. The highest BCUT2D eigenvalue weighted by Crippen LogP contribution is 2.30. The van der Waals surface area contributed by atoms with Crippen LogP contribution in [0.15, 0.2) is 42.5 Å². The zero-order chi connectivity index (χ0) is 22.1. The summed E-state index contributed by atoms with van der Waals surface area (Å²) in [4.78, 5) is 28.2. The Morgan fingerprint density at radius 1 is 1.03 bits per heavy atom. The van der Waals surface area contributed by atoms with Gasteiger partial charge >= 0.3 is 6.18 Å². The Morgan fingerprint density at radius 2 is 1.63 bits per heavy atom. The molecule has 4 nitrogen and oxygen atoms in total. The summed E-state index contributed by atoms with van der Waals surface area (Å²) >= 11 is 0. The first-order chi connectivity index (χ1) is 14.1. The van der Waals surface area contributed by atoms with Gasteiger partial charge in [0.1, 0.15) is 5.82 Å². The van der Waals surface area contributed by atoms with Crippen LogP contribution < -0.4 is 4.90 Å². The highest BCUT2D eigenvalue weighted by Gasteiger charge is 2.32. The third-order valence-electron chi connectivity index (χ3n) is 5.39. The molecular weight excluding hydrogens is 400 g/mol. The number of benzene rings is 2. The van der Waals surface area contributed by atoms with Crippen molar-refractivity contribution in [1.29, 1.82) is 0 Å². The molecule has 1 aliphatic heterocycles. The van der Waals surface area contributed by atoms with Crippen LogP contribution in [0.4, 0.5) is 23.2 Å². The van der Waals surface area contributed by atoms with Crippen molar-refractivity contribution < 1.29 is 27.2 Å². The van der Waals surface area contributed by atoms with E-state index in [2.05, 4.69) is 0 Å². The molecule has 1 heterocycles. The fraction of sp³-hybridized carbons (Fsp3) is 0.364. The standard InChI is InChI=1S/C22H22F4N2O2/c1-14-3-8-19(18(23)13-14)27(2)20(29)16-9-11-28(12-10-16)21(30)15-4-6-17(7-5-15)22(24,25)26/h3-8,13,16H,9-12H2,1-2H3. The van der Waals surface area contributed by atoms with E-state index in [1.807, 2.05) is 0 Å². The zero-order valence-electron chi connectivity index (χ0n) is 16.7. The van der Waals surface area contributed by atoms with Gasteiger partial charge in [-0.2, -0.15) is 13.2 Å². The second kappa shape index (κ2) is 8.45. The first kappa shape index (κ1) is 21.8. The molecule has 1 fully saturated rings. The Labute approximate surface area is 172 Å². The van der Waals surface area contributed by atoms with Gasteiger partial charge in [-0.1, -0.05) is 6.07 Å². The van der Waals surface area contributed by atoms with Crippen LogP contribution in [0, 0.1) is 18.7 Å². The number of carbonyl (C=O) groups excluding carboxylic acids is 2. The number of anilines is 1. The Morgan fingerprint density at radius 3 is 2.17 bits per heavy atom. The molecule has 0 aromatic heterocycles. The highest BCUT2D eigenvalue weighted by molar-refractivity contribution is 5.96. The lowest BCUT2D eigenvalue weighted by Crippen LogP contribution is -2.43. The number of rotatable bonds is 3. The zero-order valence-corrected chi connectivity index (χ0v) is 16.7. The second-order valence-corrected chi connectivity index (χ2v) is 7.49. The topological polar surface area (TPSA) is 40.6 Å². The predicted octanol–water partition coefficient (Wildman–Crippen LogP) is 4.67. The van der Waals surface area contributed by atoms with Gasteiger partial charge in [-0.05, 0) is 61.7 Å². The van der Waals surface area contributed by atoms with E-state index in [0.717, 1.165) is 29.8 Å². The minimum Gasteiger partial charge on any atom is -0.339 e. The largest absolute Gasteiger partial charge is 0.416 e. The number of hydrogen-bond acceptors (Lipinski definition) is 2. The van der Waals surface area contributed by atoms with Gasteiger partial charge in [-0.15, -0.1) is 0 Å². The first-order valence-corrected chi connectivity index (χ1v) is 9.58. The summed E-state index contributed by atoms with van der Waals surface area (Å²) in [5.41, 5.74) is 0.322. The fourth-order valence-corrected chi connectivity index (χ4v) is 3.59. The first-order valence-electron chi connectivity index (χ1n) is 9.58. The van der Waals surface area contributed by atoms with Gasteiger partial charge in [0.05, 0.1) is 11.3 Å². The second-order valence-electron chi connectivity index (χ2n) is 7.49. The van der Waals surface area contributed by atoms with E-state index in [9.17, 15) is 27.2 Å². The minimum absolute atomic E-state index is 0.173. The number of amides is 2. The van der Waals surface area contributed by atoms with Crippen molar-refractivity contribution in [2.24, 2.45) is 5.92 Å². The molecule has 30 heavy (non-hydrogen) atoms. The van der Waals surface area contributed by atoms with Gasteiger partial charge in [-0.3, -0.25) is 9.59 Å². The molecule has 0 aliphatic carbocycles. The molecule has 3 rings (SSSR count). The molecule has 0 radical (unpaired) electrons. The molecule has 1 aliphatic rings. The van der Waals surface area contributed by atoms with Gasteiger partial charge in [0, 0.05) is 31.6 Å². The monoisotopic (exact) mass is 422 g/mol. The fourth-order valence-electron chi connectivity index (χ4n) is 3.59. The van der Waals surface area contributed by atoms with Crippen LogP contribution in [0.3, 0.4) is 0 Å². The van der Waals surface area contributed by atoms with Crippen LogP contribution in [-0.4, -0.2) is 36.9 Å². The SMILES string of the molecule is Cc1ccc(N(C)C(=O)C2CCN(C(=O)c3ccc(C(F)(F)F)cc3)CC2)c(F)c1. The summed E-state index contributed by atoms with van der Waals surface area (Å²) in [7, 11) is 1.52. The molecule has 160 valence electrons. The molecule has 0 unspecified atom stereocenters. The molecular formula is C22H22F4N2O2. The third kappa shape index (κ3) is 4.63. The quantitative estimate of drug-likeness (QED) is 0.675. The molecule has 2 aromatic rings. The van der Waals surface area contributed by atoms with Gasteiger partial charge < -0.3 is 9.80 Å². The van der Waals surface area contributed by atoms with Crippen LogP contribution in [0.5, 0.6) is 0 Å². The number of piperidine rings is 1. The summed E-state index contributed by atoms with van der Waals surface area (Å²) in [6, 6.07) is 8.75. The van der Waals surface area contributed by atoms with E-state index in [0.29, 0.717) is 25.9 Å². The summed E-state index contributed by atoms with van der Waals surface area (Å²) < 4.78 is 52.2. The molecule has 0 spiro atoms. The van der Waals surface area contributed by atoms with Crippen LogP contribution in [-0.2, 0) is 11.0 Å². The van der Waals surface area contributed by atoms with Gasteiger partial charge in [0.2, 0.25) is 5.91 Å².